The van der Waals surface area contributed by atoms with E-state index in [1.54, 1.807) is 16.7 Å². The number of carboxylic acids is 1. The van der Waals surface area contributed by atoms with E-state index in [4.69, 9.17) is 5.11 Å². The van der Waals surface area contributed by atoms with E-state index in [1.807, 2.05) is 17.5 Å². The fraction of sp³-hybridized carbons (Fsp3) is 0.182. The third kappa shape index (κ3) is 2.74. The SMILES string of the molecule is CN(CC(=O)O)C(=O)c1csc(-c2cccs2)n1. The quantitative estimate of drug-likeness (QED) is 0.931. The van der Waals surface area contributed by atoms with E-state index >= 15 is 0 Å². The predicted octanol–water partition coefficient (Wildman–Crippen LogP) is 2.03. The Bertz CT molecular complexity index is 563. The molecule has 0 atom stereocenters. The monoisotopic (exact) mass is 282 g/mol. The zero-order chi connectivity index (χ0) is 13.1. The Kier molecular flexibility index (Phi) is 3.73. The van der Waals surface area contributed by atoms with Gasteiger partial charge >= 0.3 is 5.97 Å². The molecule has 0 aliphatic rings. The van der Waals surface area contributed by atoms with Gasteiger partial charge < -0.3 is 10.0 Å². The molecule has 0 unspecified atom stereocenters. The molecule has 0 radical (unpaired) electrons. The standard InChI is InChI=1S/C11H10N2O3S2/c1-13(5-9(14)15)11(16)7-6-18-10(12-7)8-3-2-4-17-8/h2-4,6H,5H2,1H3,(H,14,15). The number of nitrogens with zero attached hydrogens (tertiary/aromatic N) is 2. The molecule has 2 heterocycles. The van der Waals surface area contributed by atoms with Crippen LogP contribution in [0.2, 0.25) is 0 Å². The van der Waals surface area contributed by atoms with Crippen molar-refractivity contribution in [3.63, 3.8) is 0 Å². The van der Waals surface area contributed by atoms with Crippen molar-refractivity contribution in [1.82, 2.24) is 9.88 Å². The van der Waals surface area contributed by atoms with Gasteiger partial charge in [0.05, 0.1) is 4.88 Å². The highest BCUT2D eigenvalue weighted by molar-refractivity contribution is 7.20. The van der Waals surface area contributed by atoms with Crippen molar-refractivity contribution >= 4 is 34.6 Å². The Morgan fingerprint density at radius 2 is 2.22 bits per heavy atom. The number of thiazole rings is 1. The van der Waals surface area contributed by atoms with E-state index in [9.17, 15) is 9.59 Å². The van der Waals surface area contributed by atoms with Gasteiger partial charge in [0.1, 0.15) is 17.2 Å². The number of rotatable bonds is 4. The molecule has 7 heteroatoms. The number of hydrogen-bond acceptors (Lipinski definition) is 5. The number of carbonyl (C=O) groups is 2. The largest absolute Gasteiger partial charge is 0.480 e. The molecule has 0 aromatic carbocycles. The van der Waals surface area contributed by atoms with E-state index in [2.05, 4.69) is 4.98 Å². The van der Waals surface area contributed by atoms with Crippen molar-refractivity contribution in [3.05, 3.63) is 28.6 Å². The van der Waals surface area contributed by atoms with Crippen LogP contribution in [0.1, 0.15) is 10.5 Å². The van der Waals surface area contributed by atoms with Gasteiger partial charge in [-0.1, -0.05) is 6.07 Å². The molecule has 2 rings (SSSR count). The average Bonchev–Trinajstić information content (AvgIpc) is 2.97. The molecule has 0 bridgehead atoms. The second kappa shape index (κ2) is 5.28. The summed E-state index contributed by atoms with van der Waals surface area (Å²) in [4.78, 5) is 28.8. The lowest BCUT2D eigenvalue weighted by molar-refractivity contribution is -0.137. The van der Waals surface area contributed by atoms with Crippen LogP contribution in [0.15, 0.2) is 22.9 Å². The van der Waals surface area contributed by atoms with Crippen LogP contribution in [0.25, 0.3) is 9.88 Å². The minimum atomic E-state index is -1.04. The van der Waals surface area contributed by atoms with Gasteiger partial charge in [-0.3, -0.25) is 9.59 Å². The van der Waals surface area contributed by atoms with Crippen LogP contribution in [0, 0.1) is 0 Å². The summed E-state index contributed by atoms with van der Waals surface area (Å²) in [6, 6.07) is 3.85. The van der Waals surface area contributed by atoms with Gasteiger partial charge in [-0.25, -0.2) is 4.98 Å². The molecule has 0 aliphatic carbocycles. The number of carbonyl (C=O) groups excluding carboxylic acids is 1. The molecule has 0 saturated carbocycles. The number of aliphatic carboxylic acids is 1. The number of aromatic nitrogens is 1. The maximum atomic E-state index is 11.9. The average molecular weight is 282 g/mol. The normalized spacial score (nSPS) is 10.3. The molecule has 1 N–H and O–H groups in total. The Morgan fingerprint density at radius 3 is 2.83 bits per heavy atom. The summed E-state index contributed by atoms with van der Waals surface area (Å²) in [7, 11) is 1.45. The number of amides is 1. The van der Waals surface area contributed by atoms with Gasteiger partial charge in [-0.2, -0.15) is 0 Å². The molecule has 94 valence electrons. The summed E-state index contributed by atoms with van der Waals surface area (Å²) >= 11 is 2.93. The first-order chi connectivity index (χ1) is 8.58. The molecule has 2 aromatic heterocycles. The zero-order valence-electron chi connectivity index (χ0n) is 9.49. The number of thiophene rings is 1. The van der Waals surface area contributed by atoms with Crippen LogP contribution in [0.3, 0.4) is 0 Å². The molecular formula is C11H10N2O3S2. The highest BCUT2D eigenvalue weighted by atomic mass is 32.1. The third-order valence-electron chi connectivity index (χ3n) is 2.17. The van der Waals surface area contributed by atoms with Gasteiger partial charge in [0.15, 0.2) is 0 Å². The van der Waals surface area contributed by atoms with Crippen LogP contribution < -0.4 is 0 Å². The maximum absolute atomic E-state index is 11.9. The van der Waals surface area contributed by atoms with Crippen LogP contribution in [0.4, 0.5) is 0 Å². The topological polar surface area (TPSA) is 70.5 Å². The number of likely N-dealkylation sites (N-methyl/N-ethyl adjacent to an activating group) is 1. The van der Waals surface area contributed by atoms with Crippen molar-refractivity contribution in [2.75, 3.05) is 13.6 Å². The molecule has 0 saturated heterocycles. The maximum Gasteiger partial charge on any atom is 0.323 e. The van der Waals surface area contributed by atoms with Gasteiger partial charge in [-0.15, -0.1) is 22.7 Å². The first kappa shape index (κ1) is 12.7. The van der Waals surface area contributed by atoms with E-state index in [0.717, 1.165) is 14.8 Å². The summed E-state index contributed by atoms with van der Waals surface area (Å²) in [6.45, 7) is -0.329. The summed E-state index contributed by atoms with van der Waals surface area (Å²) in [5, 5.41) is 13.0. The van der Waals surface area contributed by atoms with Gasteiger partial charge in [0.25, 0.3) is 5.91 Å². The van der Waals surface area contributed by atoms with Crippen molar-refractivity contribution in [1.29, 1.82) is 0 Å². The second-order valence-electron chi connectivity index (χ2n) is 3.57. The van der Waals surface area contributed by atoms with Crippen molar-refractivity contribution in [2.24, 2.45) is 0 Å². The minimum Gasteiger partial charge on any atom is -0.480 e. The van der Waals surface area contributed by atoms with Crippen LogP contribution in [-0.2, 0) is 4.79 Å². The fourth-order valence-corrected chi connectivity index (χ4v) is 2.96. The minimum absolute atomic E-state index is 0.284. The second-order valence-corrected chi connectivity index (χ2v) is 5.38. The fourth-order valence-electron chi connectivity index (χ4n) is 1.36. The van der Waals surface area contributed by atoms with E-state index in [0.29, 0.717) is 0 Å². The van der Waals surface area contributed by atoms with Crippen LogP contribution >= 0.6 is 22.7 Å². The number of carboxylic acid groups (broad SMARTS) is 1. The van der Waals surface area contributed by atoms with Crippen LogP contribution in [-0.4, -0.2) is 40.5 Å². The molecular weight excluding hydrogens is 272 g/mol. The molecule has 18 heavy (non-hydrogen) atoms. The smallest absolute Gasteiger partial charge is 0.323 e. The van der Waals surface area contributed by atoms with E-state index in [-0.39, 0.29) is 18.1 Å². The lowest BCUT2D eigenvalue weighted by atomic mass is 10.4. The lowest BCUT2D eigenvalue weighted by Gasteiger charge is -2.12. The predicted molar refractivity (Wildman–Crippen MR) is 70.0 cm³/mol. The van der Waals surface area contributed by atoms with Crippen molar-refractivity contribution in [2.45, 2.75) is 0 Å². The van der Waals surface area contributed by atoms with Gasteiger partial charge in [0.2, 0.25) is 0 Å². The molecule has 2 aromatic rings. The zero-order valence-corrected chi connectivity index (χ0v) is 11.1. The Labute approximate surface area is 111 Å². The molecule has 5 nitrogen and oxygen atoms in total. The Balaban J connectivity index is 2.15. The van der Waals surface area contributed by atoms with Crippen molar-refractivity contribution in [3.8, 4) is 9.88 Å². The lowest BCUT2D eigenvalue weighted by Crippen LogP contribution is -2.32. The number of hydrogen-bond donors (Lipinski definition) is 1. The van der Waals surface area contributed by atoms with E-state index in [1.165, 1.54) is 18.4 Å². The third-order valence-corrected chi connectivity index (χ3v) is 4.06. The molecule has 1 amide bonds. The Morgan fingerprint density at radius 1 is 1.44 bits per heavy atom. The summed E-state index contributed by atoms with van der Waals surface area (Å²) in [6.07, 6.45) is 0. The summed E-state index contributed by atoms with van der Waals surface area (Å²) in [5.74, 6) is -1.42. The van der Waals surface area contributed by atoms with Crippen LogP contribution in [0.5, 0.6) is 0 Å². The highest BCUT2D eigenvalue weighted by Crippen LogP contribution is 2.27. The molecule has 0 spiro atoms. The van der Waals surface area contributed by atoms with E-state index < -0.39 is 5.97 Å². The summed E-state index contributed by atoms with van der Waals surface area (Å²) in [5.41, 5.74) is 0.284. The summed E-state index contributed by atoms with van der Waals surface area (Å²) < 4.78 is 0. The Hall–Kier alpha value is -1.73. The first-order valence-electron chi connectivity index (χ1n) is 5.04. The molecule has 0 aliphatic heterocycles. The first-order valence-corrected chi connectivity index (χ1v) is 6.80. The highest BCUT2D eigenvalue weighted by Gasteiger charge is 2.18. The van der Waals surface area contributed by atoms with Gasteiger partial charge in [0, 0.05) is 12.4 Å². The van der Waals surface area contributed by atoms with Gasteiger partial charge in [-0.05, 0) is 11.4 Å². The molecule has 0 fully saturated rings. The van der Waals surface area contributed by atoms with Crippen molar-refractivity contribution < 1.29 is 14.7 Å².